The summed E-state index contributed by atoms with van der Waals surface area (Å²) < 4.78 is 0. The van der Waals surface area contributed by atoms with E-state index in [0.717, 1.165) is 47.6 Å². The summed E-state index contributed by atoms with van der Waals surface area (Å²) in [6.45, 7) is 12.4. The van der Waals surface area contributed by atoms with E-state index in [4.69, 9.17) is 9.97 Å². The quantitative estimate of drug-likeness (QED) is 0.386. The molecule has 0 radical (unpaired) electrons. The topological polar surface area (TPSA) is 78.9 Å². The van der Waals surface area contributed by atoms with Gasteiger partial charge in [0.2, 0.25) is 11.9 Å². The third-order valence-electron chi connectivity index (χ3n) is 6.12. The zero-order chi connectivity index (χ0) is 25.3. The highest BCUT2D eigenvalue weighted by molar-refractivity contribution is 5.90. The minimum absolute atomic E-state index is 0.119. The van der Waals surface area contributed by atoms with Gasteiger partial charge >= 0.3 is 0 Å². The molecule has 3 N–H and O–H groups in total. The second-order valence-corrected chi connectivity index (χ2v) is 11.5. The van der Waals surface area contributed by atoms with Crippen molar-refractivity contribution < 1.29 is 4.79 Å². The maximum atomic E-state index is 13.1. The number of rotatable bonds is 6. The van der Waals surface area contributed by atoms with Crippen LogP contribution in [0.4, 0.5) is 17.5 Å². The van der Waals surface area contributed by atoms with E-state index < -0.39 is 5.41 Å². The van der Waals surface area contributed by atoms with E-state index in [9.17, 15) is 4.79 Å². The molecular formula is C29H37N5O. The van der Waals surface area contributed by atoms with Gasteiger partial charge in [0, 0.05) is 28.4 Å². The first-order valence-corrected chi connectivity index (χ1v) is 12.4. The van der Waals surface area contributed by atoms with Crippen LogP contribution in [0.15, 0.2) is 60.7 Å². The number of aromatic nitrogens is 2. The third-order valence-corrected chi connectivity index (χ3v) is 6.12. The van der Waals surface area contributed by atoms with Gasteiger partial charge in [0.05, 0.1) is 11.1 Å². The SMILES string of the molecule is CC(C)(C)NC(=O)C1(c2ccc(Nc3nc(NC(C)(C)C)cc(-c4ccccc4)n3)cc2)CCC1. The summed E-state index contributed by atoms with van der Waals surface area (Å²) in [6, 6.07) is 20.2. The lowest BCUT2D eigenvalue weighted by Crippen LogP contribution is -2.54. The van der Waals surface area contributed by atoms with Crippen molar-refractivity contribution in [1.82, 2.24) is 15.3 Å². The first-order chi connectivity index (χ1) is 16.4. The summed E-state index contributed by atoms with van der Waals surface area (Å²) in [5, 5.41) is 10.00. The molecule has 0 bridgehead atoms. The largest absolute Gasteiger partial charge is 0.365 e. The Kier molecular flexibility index (Phi) is 6.58. The van der Waals surface area contributed by atoms with E-state index >= 15 is 0 Å². The van der Waals surface area contributed by atoms with Crippen LogP contribution in [0.25, 0.3) is 11.3 Å². The molecule has 0 spiro atoms. The van der Waals surface area contributed by atoms with Crippen LogP contribution >= 0.6 is 0 Å². The number of hydrogen-bond acceptors (Lipinski definition) is 5. The van der Waals surface area contributed by atoms with Crippen molar-refractivity contribution in [2.24, 2.45) is 0 Å². The van der Waals surface area contributed by atoms with E-state index in [2.05, 4.69) is 48.9 Å². The van der Waals surface area contributed by atoms with Crippen LogP contribution in [-0.4, -0.2) is 27.0 Å². The maximum Gasteiger partial charge on any atom is 0.231 e. The lowest BCUT2D eigenvalue weighted by molar-refractivity contribution is -0.131. The molecule has 1 aliphatic rings. The van der Waals surface area contributed by atoms with Gasteiger partial charge in [0.1, 0.15) is 5.82 Å². The van der Waals surface area contributed by atoms with Crippen LogP contribution in [-0.2, 0) is 10.2 Å². The van der Waals surface area contributed by atoms with Crippen molar-refractivity contribution in [3.8, 4) is 11.3 Å². The Morgan fingerprint density at radius 1 is 0.857 bits per heavy atom. The predicted molar refractivity (Wildman–Crippen MR) is 144 cm³/mol. The monoisotopic (exact) mass is 471 g/mol. The average molecular weight is 472 g/mol. The van der Waals surface area contributed by atoms with Gasteiger partial charge in [-0.25, -0.2) is 4.98 Å². The van der Waals surface area contributed by atoms with Crippen molar-refractivity contribution in [1.29, 1.82) is 0 Å². The van der Waals surface area contributed by atoms with Crippen molar-refractivity contribution >= 4 is 23.4 Å². The Morgan fingerprint density at radius 3 is 2.06 bits per heavy atom. The number of nitrogens with one attached hydrogen (secondary N) is 3. The lowest BCUT2D eigenvalue weighted by Gasteiger charge is -2.42. The molecule has 0 unspecified atom stereocenters. The second kappa shape index (κ2) is 9.33. The zero-order valence-electron chi connectivity index (χ0n) is 21.7. The highest BCUT2D eigenvalue weighted by Gasteiger charge is 2.46. The fraction of sp³-hybridized carbons (Fsp3) is 0.414. The maximum absolute atomic E-state index is 13.1. The number of hydrogen-bond donors (Lipinski definition) is 3. The molecule has 1 fully saturated rings. The van der Waals surface area contributed by atoms with Crippen LogP contribution < -0.4 is 16.0 Å². The number of carbonyl (C=O) groups is 1. The summed E-state index contributed by atoms with van der Waals surface area (Å²) in [5.41, 5.74) is 3.00. The molecular weight excluding hydrogens is 434 g/mol. The third kappa shape index (κ3) is 5.99. The van der Waals surface area contributed by atoms with Gasteiger partial charge in [0.25, 0.3) is 0 Å². The van der Waals surface area contributed by atoms with Crippen molar-refractivity contribution in [3.05, 3.63) is 66.2 Å². The Bertz CT molecular complexity index is 1170. The Morgan fingerprint density at radius 2 is 1.51 bits per heavy atom. The van der Waals surface area contributed by atoms with Gasteiger partial charge in [-0.2, -0.15) is 4.98 Å². The Labute approximate surface area is 209 Å². The van der Waals surface area contributed by atoms with Crippen LogP contribution in [0.3, 0.4) is 0 Å². The lowest BCUT2D eigenvalue weighted by atomic mass is 9.63. The van der Waals surface area contributed by atoms with Crippen molar-refractivity contribution in [2.75, 3.05) is 10.6 Å². The minimum atomic E-state index is -0.431. The molecule has 3 aromatic rings. The van der Waals surface area contributed by atoms with Crippen molar-refractivity contribution in [2.45, 2.75) is 77.3 Å². The molecule has 0 atom stereocenters. The summed E-state index contributed by atoms with van der Waals surface area (Å²) in [4.78, 5) is 22.6. The molecule has 1 heterocycles. The number of benzene rings is 2. The molecule has 2 aromatic carbocycles. The van der Waals surface area contributed by atoms with E-state index in [-0.39, 0.29) is 17.0 Å². The first-order valence-electron chi connectivity index (χ1n) is 12.4. The summed E-state index contributed by atoms with van der Waals surface area (Å²) in [5.74, 6) is 1.40. The van der Waals surface area contributed by atoms with Crippen LogP contribution in [0.5, 0.6) is 0 Å². The van der Waals surface area contributed by atoms with Crippen molar-refractivity contribution in [3.63, 3.8) is 0 Å². The molecule has 0 saturated heterocycles. The fourth-order valence-electron chi connectivity index (χ4n) is 4.35. The molecule has 6 nitrogen and oxygen atoms in total. The molecule has 184 valence electrons. The van der Waals surface area contributed by atoms with Gasteiger partial charge < -0.3 is 16.0 Å². The highest BCUT2D eigenvalue weighted by Crippen LogP contribution is 2.44. The van der Waals surface area contributed by atoms with E-state index in [1.165, 1.54) is 0 Å². The molecule has 4 rings (SSSR count). The smallest absolute Gasteiger partial charge is 0.231 e. The predicted octanol–water partition coefficient (Wildman–Crippen LogP) is 6.43. The molecule has 0 aliphatic heterocycles. The number of nitrogens with zero attached hydrogens (tertiary/aromatic N) is 2. The molecule has 6 heteroatoms. The normalized spacial score (nSPS) is 15.1. The number of anilines is 3. The average Bonchev–Trinajstić information content (AvgIpc) is 2.72. The van der Waals surface area contributed by atoms with Gasteiger partial charge in [-0.1, -0.05) is 48.9 Å². The Hall–Kier alpha value is -3.41. The molecule has 1 amide bonds. The number of amides is 1. The summed E-state index contributed by atoms with van der Waals surface area (Å²) >= 11 is 0. The molecule has 35 heavy (non-hydrogen) atoms. The van der Waals surface area contributed by atoms with Gasteiger partial charge in [-0.3, -0.25) is 4.79 Å². The van der Waals surface area contributed by atoms with Crippen LogP contribution in [0.2, 0.25) is 0 Å². The summed E-state index contributed by atoms with van der Waals surface area (Å²) in [7, 11) is 0. The highest BCUT2D eigenvalue weighted by atomic mass is 16.2. The molecule has 1 saturated carbocycles. The second-order valence-electron chi connectivity index (χ2n) is 11.5. The minimum Gasteiger partial charge on any atom is -0.365 e. The van der Waals surface area contributed by atoms with Crippen LogP contribution in [0, 0.1) is 0 Å². The summed E-state index contributed by atoms with van der Waals surface area (Å²) in [6.07, 6.45) is 2.83. The number of carbonyl (C=O) groups excluding carboxylic acids is 1. The fourth-order valence-corrected chi connectivity index (χ4v) is 4.35. The first kappa shape index (κ1) is 24.7. The van der Waals surface area contributed by atoms with E-state index in [1.54, 1.807) is 0 Å². The van der Waals surface area contributed by atoms with Gasteiger partial charge in [0.15, 0.2) is 0 Å². The standard InChI is InChI=1S/C29H37N5O/c1-27(2,3)33-24-19-23(20-11-8-7-9-12-20)31-26(32-24)30-22-15-13-21(14-16-22)29(17-10-18-29)25(35)34-28(4,5)6/h7-9,11-16,19H,10,17-18H2,1-6H3,(H,34,35)(H2,30,31,32,33). The van der Waals surface area contributed by atoms with Gasteiger partial charge in [-0.05, 0) is 72.1 Å². The van der Waals surface area contributed by atoms with E-state index in [1.807, 2.05) is 69.3 Å². The van der Waals surface area contributed by atoms with Gasteiger partial charge in [-0.15, -0.1) is 0 Å². The van der Waals surface area contributed by atoms with Crippen LogP contribution in [0.1, 0.15) is 66.4 Å². The molecule has 1 aromatic heterocycles. The molecule has 1 aliphatic carbocycles. The Balaban J connectivity index is 1.59. The zero-order valence-corrected chi connectivity index (χ0v) is 21.7. The van der Waals surface area contributed by atoms with E-state index in [0.29, 0.717) is 5.95 Å².